The molecule has 5 heteroatoms. The Morgan fingerprint density at radius 1 is 1.23 bits per heavy atom. The van der Waals surface area contributed by atoms with Gasteiger partial charge < -0.3 is 15.4 Å². The van der Waals surface area contributed by atoms with E-state index in [1.165, 1.54) is 0 Å². The highest BCUT2D eigenvalue weighted by Gasteiger charge is 2.27. The van der Waals surface area contributed by atoms with Crippen LogP contribution in [0.4, 0.5) is 10.5 Å². The third kappa shape index (κ3) is 4.90. The maximum atomic E-state index is 11.8. The van der Waals surface area contributed by atoms with Gasteiger partial charge in [0.15, 0.2) is 0 Å². The smallest absolute Gasteiger partial charge is 0.407 e. The second kappa shape index (κ2) is 6.55. The molecule has 2 unspecified atom stereocenters. The van der Waals surface area contributed by atoms with E-state index in [4.69, 9.17) is 4.74 Å². The van der Waals surface area contributed by atoms with Crippen LogP contribution in [0.25, 0.3) is 0 Å². The molecule has 1 amide bonds. The first-order valence-corrected chi connectivity index (χ1v) is 7.93. The summed E-state index contributed by atoms with van der Waals surface area (Å²) in [5.41, 5.74) is 2.67. The minimum atomic E-state index is -0.453. The second-order valence-corrected chi connectivity index (χ2v) is 7.08. The van der Waals surface area contributed by atoms with Crippen molar-refractivity contribution < 1.29 is 9.53 Å². The van der Waals surface area contributed by atoms with Crippen LogP contribution in [0, 0.1) is 13.8 Å². The summed E-state index contributed by atoms with van der Waals surface area (Å²) in [7, 11) is 0. The van der Waals surface area contributed by atoms with Gasteiger partial charge in [0.1, 0.15) is 5.60 Å². The molecule has 22 heavy (non-hydrogen) atoms. The summed E-state index contributed by atoms with van der Waals surface area (Å²) >= 11 is 0. The highest BCUT2D eigenvalue weighted by Crippen LogP contribution is 2.24. The first-order chi connectivity index (χ1) is 10.2. The Kier molecular flexibility index (Phi) is 4.94. The summed E-state index contributed by atoms with van der Waals surface area (Å²) in [5.74, 6) is 0. The molecule has 0 aromatic carbocycles. The summed E-state index contributed by atoms with van der Waals surface area (Å²) in [5, 5.41) is 6.49. The summed E-state index contributed by atoms with van der Waals surface area (Å²) < 4.78 is 5.30. The second-order valence-electron chi connectivity index (χ2n) is 7.08. The molecule has 0 radical (unpaired) electrons. The number of nitrogens with one attached hydrogen (secondary N) is 2. The van der Waals surface area contributed by atoms with Gasteiger partial charge in [-0.25, -0.2) is 4.79 Å². The molecule has 1 fully saturated rings. The van der Waals surface area contributed by atoms with Crippen LogP contribution in [0.2, 0.25) is 0 Å². The average Bonchev–Trinajstić information content (AvgIpc) is 2.77. The number of amides is 1. The van der Waals surface area contributed by atoms with Crippen LogP contribution < -0.4 is 10.6 Å². The number of pyridine rings is 1. The van der Waals surface area contributed by atoms with E-state index in [-0.39, 0.29) is 12.1 Å². The van der Waals surface area contributed by atoms with Crippen LogP contribution in [-0.2, 0) is 4.74 Å². The number of aryl methyl sites for hydroxylation is 2. The van der Waals surface area contributed by atoms with E-state index < -0.39 is 5.60 Å². The Balaban J connectivity index is 1.84. The minimum Gasteiger partial charge on any atom is -0.444 e. The van der Waals surface area contributed by atoms with Crippen LogP contribution in [-0.4, -0.2) is 28.8 Å². The van der Waals surface area contributed by atoms with Gasteiger partial charge in [0.2, 0.25) is 0 Å². The Labute approximate surface area is 132 Å². The fraction of sp³-hybridized carbons (Fsp3) is 0.647. The molecule has 0 saturated heterocycles. The lowest BCUT2D eigenvalue weighted by Gasteiger charge is -2.22. The highest BCUT2D eigenvalue weighted by atomic mass is 16.6. The van der Waals surface area contributed by atoms with Gasteiger partial charge >= 0.3 is 6.09 Å². The molecule has 1 saturated carbocycles. The third-order valence-electron chi connectivity index (χ3n) is 3.74. The van der Waals surface area contributed by atoms with Gasteiger partial charge in [-0.05, 0) is 66.0 Å². The first kappa shape index (κ1) is 16.6. The molecule has 1 aromatic heterocycles. The van der Waals surface area contributed by atoms with Gasteiger partial charge in [-0.2, -0.15) is 0 Å². The zero-order valence-electron chi connectivity index (χ0n) is 14.2. The Hall–Kier alpha value is -1.78. The predicted octanol–water partition coefficient (Wildman–Crippen LogP) is 3.56. The van der Waals surface area contributed by atoms with E-state index in [1.807, 2.05) is 40.7 Å². The number of rotatable bonds is 3. The number of alkyl carbamates (subject to hydrolysis) is 1. The van der Waals surface area contributed by atoms with Crippen molar-refractivity contribution in [2.75, 3.05) is 5.32 Å². The molecule has 0 spiro atoms. The SMILES string of the molecule is Cc1ccc(NC2CCC(NC(=O)OC(C)(C)C)C2)c(C)n1. The fourth-order valence-corrected chi connectivity index (χ4v) is 2.78. The van der Waals surface area contributed by atoms with Gasteiger partial charge in [-0.15, -0.1) is 0 Å². The number of aromatic nitrogens is 1. The molecule has 5 nitrogen and oxygen atoms in total. The molecule has 2 atom stereocenters. The first-order valence-electron chi connectivity index (χ1n) is 7.93. The lowest BCUT2D eigenvalue weighted by Crippen LogP contribution is -2.38. The lowest BCUT2D eigenvalue weighted by molar-refractivity contribution is 0.0505. The molecule has 1 aromatic rings. The van der Waals surface area contributed by atoms with Crippen molar-refractivity contribution in [1.29, 1.82) is 0 Å². The maximum Gasteiger partial charge on any atom is 0.407 e. The molecule has 1 aliphatic carbocycles. The maximum absolute atomic E-state index is 11.8. The molecule has 0 bridgehead atoms. The quantitative estimate of drug-likeness (QED) is 0.896. The van der Waals surface area contributed by atoms with Gasteiger partial charge in [-0.1, -0.05) is 0 Å². The molecular formula is C17H27N3O2. The Bertz CT molecular complexity index is 537. The number of carbonyl (C=O) groups is 1. The Morgan fingerprint density at radius 2 is 1.91 bits per heavy atom. The lowest BCUT2D eigenvalue weighted by atomic mass is 10.2. The van der Waals surface area contributed by atoms with Crippen LogP contribution in [0.1, 0.15) is 51.4 Å². The summed E-state index contributed by atoms with van der Waals surface area (Å²) in [6, 6.07) is 4.63. The van der Waals surface area contributed by atoms with E-state index in [2.05, 4.69) is 21.7 Å². The van der Waals surface area contributed by atoms with E-state index in [9.17, 15) is 4.79 Å². The number of anilines is 1. The van der Waals surface area contributed by atoms with Crippen molar-refractivity contribution in [3.05, 3.63) is 23.5 Å². The zero-order valence-corrected chi connectivity index (χ0v) is 14.2. The van der Waals surface area contributed by atoms with Gasteiger partial charge in [-0.3, -0.25) is 4.98 Å². The topological polar surface area (TPSA) is 63.2 Å². The number of ether oxygens (including phenoxy) is 1. The molecule has 0 aliphatic heterocycles. The van der Waals surface area contributed by atoms with Crippen LogP contribution in [0.15, 0.2) is 12.1 Å². The van der Waals surface area contributed by atoms with Crippen molar-refractivity contribution in [2.45, 2.75) is 71.6 Å². The monoisotopic (exact) mass is 305 g/mol. The van der Waals surface area contributed by atoms with Crippen LogP contribution >= 0.6 is 0 Å². The standard InChI is InChI=1S/C17H27N3O2/c1-11-6-9-15(12(2)18-11)19-13-7-8-14(10-13)20-16(21)22-17(3,4)5/h6,9,13-14,19H,7-8,10H2,1-5H3,(H,20,21). The van der Waals surface area contributed by atoms with Crippen LogP contribution in [0.3, 0.4) is 0 Å². The van der Waals surface area contributed by atoms with Gasteiger partial charge in [0.25, 0.3) is 0 Å². The largest absolute Gasteiger partial charge is 0.444 e. The molecule has 122 valence electrons. The van der Waals surface area contributed by atoms with Crippen LogP contribution in [0.5, 0.6) is 0 Å². The Morgan fingerprint density at radius 3 is 2.55 bits per heavy atom. The number of nitrogens with zero attached hydrogens (tertiary/aromatic N) is 1. The third-order valence-corrected chi connectivity index (χ3v) is 3.74. The van der Waals surface area contributed by atoms with Gasteiger partial charge in [0.05, 0.1) is 11.4 Å². The molecule has 1 heterocycles. The minimum absolute atomic E-state index is 0.172. The average molecular weight is 305 g/mol. The van der Waals surface area contributed by atoms with Crippen molar-refractivity contribution in [2.24, 2.45) is 0 Å². The van der Waals surface area contributed by atoms with Gasteiger partial charge in [0, 0.05) is 17.8 Å². The van der Waals surface area contributed by atoms with E-state index in [0.29, 0.717) is 6.04 Å². The zero-order chi connectivity index (χ0) is 16.3. The number of hydrogen-bond donors (Lipinski definition) is 2. The molecule has 1 aliphatic rings. The highest BCUT2D eigenvalue weighted by molar-refractivity contribution is 5.68. The van der Waals surface area contributed by atoms with Crippen molar-refractivity contribution in [3.63, 3.8) is 0 Å². The van der Waals surface area contributed by atoms with Crippen molar-refractivity contribution in [3.8, 4) is 0 Å². The van der Waals surface area contributed by atoms with E-state index in [0.717, 1.165) is 36.3 Å². The molecule has 2 rings (SSSR count). The van der Waals surface area contributed by atoms with E-state index in [1.54, 1.807) is 0 Å². The number of carbonyl (C=O) groups excluding carboxylic acids is 1. The van der Waals surface area contributed by atoms with E-state index >= 15 is 0 Å². The number of hydrogen-bond acceptors (Lipinski definition) is 4. The summed E-state index contributed by atoms with van der Waals surface area (Å²) in [6.45, 7) is 9.63. The summed E-state index contributed by atoms with van der Waals surface area (Å²) in [6.07, 6.45) is 2.58. The molecular weight excluding hydrogens is 278 g/mol. The van der Waals surface area contributed by atoms with Crippen molar-refractivity contribution >= 4 is 11.8 Å². The normalized spacial score (nSPS) is 21.5. The summed E-state index contributed by atoms with van der Waals surface area (Å²) in [4.78, 5) is 16.3. The predicted molar refractivity (Wildman–Crippen MR) is 88.1 cm³/mol. The fourth-order valence-electron chi connectivity index (χ4n) is 2.78. The molecule has 2 N–H and O–H groups in total. The van der Waals surface area contributed by atoms with Crippen molar-refractivity contribution in [1.82, 2.24) is 10.3 Å².